The van der Waals surface area contributed by atoms with Crippen LogP contribution in [0.3, 0.4) is 0 Å². The average molecular weight is 431 g/mol. The quantitative estimate of drug-likeness (QED) is 0.345. The van der Waals surface area contributed by atoms with Crippen molar-refractivity contribution in [2.24, 2.45) is 0 Å². The van der Waals surface area contributed by atoms with Gasteiger partial charge in [0.05, 0.1) is 17.9 Å². The molecule has 31 heavy (non-hydrogen) atoms. The molecule has 4 aromatic rings. The Balaban J connectivity index is 1.55. The summed E-state index contributed by atoms with van der Waals surface area (Å²) in [6.07, 6.45) is 0. The maximum Gasteiger partial charge on any atom is 0.228 e. The van der Waals surface area contributed by atoms with E-state index in [0.717, 1.165) is 27.1 Å². The van der Waals surface area contributed by atoms with Crippen LogP contribution in [0.2, 0.25) is 5.02 Å². The van der Waals surface area contributed by atoms with Gasteiger partial charge < -0.3 is 9.94 Å². The smallest absolute Gasteiger partial charge is 0.228 e. The van der Waals surface area contributed by atoms with Crippen LogP contribution in [0.15, 0.2) is 78.9 Å². The van der Waals surface area contributed by atoms with Crippen molar-refractivity contribution >= 4 is 17.3 Å². The summed E-state index contributed by atoms with van der Waals surface area (Å²) < 4.78 is 8.75. The molecule has 0 amide bonds. The van der Waals surface area contributed by atoms with Crippen LogP contribution in [-0.2, 0) is 24.5 Å². The maximum absolute atomic E-state index is 13.2. The molecule has 1 aromatic heterocycles. The summed E-state index contributed by atoms with van der Waals surface area (Å²) >= 11 is 6.32. The third kappa shape index (κ3) is 3.83. The number of benzene rings is 3. The normalized spacial score (nSPS) is 12.9. The maximum atomic E-state index is 13.2. The first-order valence-electron chi connectivity index (χ1n) is 9.93. The van der Waals surface area contributed by atoms with Crippen LogP contribution in [0.25, 0.3) is 5.69 Å². The number of nitrogens with zero attached hydrogens (tertiary/aromatic N) is 4. The first kappa shape index (κ1) is 19.5. The topological polar surface area (TPSA) is 66.0 Å². The van der Waals surface area contributed by atoms with Crippen molar-refractivity contribution < 1.29 is 9.48 Å². The molecule has 0 saturated carbocycles. The number of hydrogen-bond acceptors (Lipinski definition) is 4. The number of aromatic nitrogens is 3. The van der Waals surface area contributed by atoms with Gasteiger partial charge in [0.2, 0.25) is 18.1 Å². The predicted molar refractivity (Wildman–Crippen MR) is 118 cm³/mol. The van der Waals surface area contributed by atoms with Crippen LogP contribution in [0.5, 0.6) is 0 Å². The highest BCUT2D eigenvalue weighted by Gasteiger charge is 2.29. The summed E-state index contributed by atoms with van der Waals surface area (Å²) in [4.78, 5) is 0. The van der Waals surface area contributed by atoms with Crippen LogP contribution in [-0.4, -0.2) is 25.2 Å². The molecule has 3 aromatic carbocycles. The highest BCUT2D eigenvalue weighted by atomic mass is 35.5. The lowest BCUT2D eigenvalue weighted by atomic mass is 10.0. The Bertz CT molecular complexity index is 1250. The van der Waals surface area contributed by atoms with Crippen molar-refractivity contribution in [3.05, 3.63) is 117 Å². The highest BCUT2D eigenvalue weighted by molar-refractivity contribution is 6.31. The second-order valence-electron chi connectivity index (χ2n) is 7.26. The fourth-order valence-electron chi connectivity index (χ4n) is 3.79. The summed E-state index contributed by atoms with van der Waals surface area (Å²) in [5, 5.41) is 22.3. The Labute approximate surface area is 184 Å². The first-order chi connectivity index (χ1) is 15.2. The number of halogens is 1. The predicted octanol–water partition coefficient (Wildman–Crippen LogP) is 4.50. The van der Waals surface area contributed by atoms with E-state index in [4.69, 9.17) is 16.3 Å². The van der Waals surface area contributed by atoms with Crippen molar-refractivity contribution in [1.29, 1.82) is 0 Å². The second kappa shape index (κ2) is 8.34. The van der Waals surface area contributed by atoms with E-state index in [1.54, 1.807) is 0 Å². The van der Waals surface area contributed by atoms with Gasteiger partial charge in [0.25, 0.3) is 0 Å². The molecule has 0 aliphatic carbocycles. The van der Waals surface area contributed by atoms with E-state index < -0.39 is 0 Å². The molecule has 1 aliphatic heterocycles. The lowest BCUT2D eigenvalue weighted by Crippen LogP contribution is -2.17. The molecule has 0 spiro atoms. The van der Waals surface area contributed by atoms with E-state index in [1.165, 1.54) is 0 Å². The van der Waals surface area contributed by atoms with Crippen molar-refractivity contribution in [1.82, 2.24) is 14.8 Å². The number of hydrogen-bond donors (Lipinski definition) is 0. The van der Waals surface area contributed by atoms with Gasteiger partial charge in [-0.3, -0.25) is 4.57 Å². The van der Waals surface area contributed by atoms with Crippen LogP contribution < -0.4 is 0 Å². The molecule has 0 atom stereocenters. The van der Waals surface area contributed by atoms with Gasteiger partial charge in [-0.1, -0.05) is 60.1 Å². The first-order valence-corrected chi connectivity index (χ1v) is 10.3. The van der Waals surface area contributed by atoms with E-state index in [-0.39, 0.29) is 13.2 Å². The molecule has 0 N–H and O–H groups in total. The number of rotatable bonds is 5. The minimum absolute atomic E-state index is 0.0716. The number of hydroxylamine groups is 1. The lowest BCUT2D eigenvalue weighted by molar-refractivity contribution is -0.475. The minimum atomic E-state index is 0.0716. The molecular formula is C24H19ClN4O2. The highest BCUT2D eigenvalue weighted by Crippen LogP contribution is 2.28. The van der Waals surface area contributed by atoms with Crippen LogP contribution in [0, 0.1) is 5.21 Å². The molecule has 6 nitrogen and oxygen atoms in total. The molecule has 1 aliphatic rings. The van der Waals surface area contributed by atoms with Gasteiger partial charge in [0.15, 0.2) is 5.82 Å². The summed E-state index contributed by atoms with van der Waals surface area (Å²) in [7, 11) is 0. The van der Waals surface area contributed by atoms with Crippen molar-refractivity contribution in [2.45, 2.75) is 19.8 Å². The zero-order valence-electron chi connectivity index (χ0n) is 16.6. The molecule has 7 heteroatoms. The summed E-state index contributed by atoms with van der Waals surface area (Å²) in [5.74, 6) is 1.19. The second-order valence-corrected chi connectivity index (χ2v) is 7.70. The Morgan fingerprint density at radius 2 is 1.68 bits per heavy atom. The van der Waals surface area contributed by atoms with Gasteiger partial charge in [0, 0.05) is 10.6 Å². The molecular weight excluding hydrogens is 412 g/mol. The zero-order valence-corrected chi connectivity index (χ0v) is 17.4. The Hall–Kier alpha value is -3.48. The van der Waals surface area contributed by atoms with E-state index in [1.807, 2.05) is 83.4 Å². The molecule has 2 heterocycles. The zero-order chi connectivity index (χ0) is 21.2. The molecule has 0 radical (unpaired) electrons. The van der Waals surface area contributed by atoms with E-state index >= 15 is 0 Å². The fraction of sp³-hybridized carbons (Fsp3) is 0.125. The van der Waals surface area contributed by atoms with E-state index in [2.05, 4.69) is 10.2 Å². The molecule has 0 unspecified atom stereocenters. The average Bonchev–Trinajstić information content (AvgIpc) is 3.12. The molecule has 5 rings (SSSR count). The van der Waals surface area contributed by atoms with Crippen molar-refractivity contribution in [2.75, 3.05) is 0 Å². The summed E-state index contributed by atoms with van der Waals surface area (Å²) in [5.41, 5.74) is 3.99. The van der Waals surface area contributed by atoms with Gasteiger partial charge in [-0.2, -0.15) is 4.74 Å². The molecule has 0 bridgehead atoms. The van der Waals surface area contributed by atoms with E-state index in [9.17, 15) is 5.21 Å². The SMILES string of the molecule is [O-][N+]1=C(c2ccccc2)c2cc(Cl)ccc2-n2c(COCc3ccccc3)nnc2C1. The van der Waals surface area contributed by atoms with Gasteiger partial charge in [0.1, 0.15) is 6.61 Å². The minimum Gasteiger partial charge on any atom is -0.623 e. The molecule has 0 fully saturated rings. The van der Waals surface area contributed by atoms with Gasteiger partial charge in [-0.05, 0) is 35.9 Å². The van der Waals surface area contributed by atoms with Crippen LogP contribution in [0.4, 0.5) is 0 Å². The Morgan fingerprint density at radius 3 is 2.45 bits per heavy atom. The molecule has 154 valence electrons. The van der Waals surface area contributed by atoms with Crippen LogP contribution in [0.1, 0.15) is 28.3 Å². The van der Waals surface area contributed by atoms with Gasteiger partial charge in [-0.15, -0.1) is 10.2 Å². The Morgan fingerprint density at radius 1 is 0.935 bits per heavy atom. The summed E-state index contributed by atoms with van der Waals surface area (Å²) in [6, 6.07) is 25.0. The van der Waals surface area contributed by atoms with Crippen LogP contribution >= 0.6 is 11.6 Å². The van der Waals surface area contributed by atoms with Crippen molar-refractivity contribution in [3.63, 3.8) is 0 Å². The molecule has 0 saturated heterocycles. The number of ether oxygens (including phenoxy) is 1. The van der Waals surface area contributed by atoms with Gasteiger partial charge in [-0.25, -0.2) is 0 Å². The third-order valence-electron chi connectivity index (χ3n) is 5.18. The standard InChI is InChI=1S/C24H19ClN4O2/c25-19-11-12-21-20(13-19)24(18-9-5-2-6-10-18)28(30)14-22-26-27-23(29(21)22)16-31-15-17-7-3-1-4-8-17/h1-13H,14-16H2. The summed E-state index contributed by atoms with van der Waals surface area (Å²) in [6.45, 7) is 0.803. The third-order valence-corrected chi connectivity index (χ3v) is 5.41. The number of fused-ring (bicyclic) bond motifs is 3. The largest absolute Gasteiger partial charge is 0.623 e. The Kier molecular flexibility index (Phi) is 5.24. The lowest BCUT2D eigenvalue weighted by Gasteiger charge is -2.12. The monoisotopic (exact) mass is 430 g/mol. The van der Waals surface area contributed by atoms with Gasteiger partial charge >= 0.3 is 0 Å². The van der Waals surface area contributed by atoms with Crippen molar-refractivity contribution in [3.8, 4) is 5.69 Å². The fourth-order valence-corrected chi connectivity index (χ4v) is 3.96. The van der Waals surface area contributed by atoms with E-state index in [0.29, 0.717) is 29.0 Å².